The molecule has 2 amide bonds. The van der Waals surface area contributed by atoms with E-state index in [1.54, 1.807) is 6.07 Å². The summed E-state index contributed by atoms with van der Waals surface area (Å²) in [5, 5.41) is 8.72. The van der Waals surface area contributed by atoms with Crippen LogP contribution < -0.4 is 4.90 Å². The van der Waals surface area contributed by atoms with Gasteiger partial charge in [-0.1, -0.05) is 6.07 Å². The van der Waals surface area contributed by atoms with Gasteiger partial charge in [0.15, 0.2) is 0 Å². The summed E-state index contributed by atoms with van der Waals surface area (Å²) in [6, 6.07) is 5.37. The number of carboxylic acid groups (broad SMARTS) is 1. The Labute approximate surface area is 103 Å². The molecule has 0 bridgehead atoms. The van der Waals surface area contributed by atoms with Crippen LogP contribution in [0.15, 0.2) is 24.3 Å². The van der Waals surface area contributed by atoms with Crippen molar-refractivity contribution >= 4 is 17.7 Å². The average molecular weight is 252 g/mol. The fraction of sp³-hybridized carbons (Fsp3) is 0.333. The van der Waals surface area contributed by atoms with E-state index in [2.05, 4.69) is 0 Å². The molecule has 1 aliphatic heterocycles. The van der Waals surface area contributed by atoms with Crippen molar-refractivity contribution in [1.29, 1.82) is 0 Å². The molecule has 6 heteroatoms. The van der Waals surface area contributed by atoms with E-state index in [9.17, 15) is 14.0 Å². The standard InChI is InChI=1S/C12H13FN2O3/c1-14(10-4-2-3-9(13)5-10)12(18)15-6-8(7-15)11(16)17/h2-5,8H,6-7H2,1H3,(H,16,17). The molecule has 1 N–H and O–H groups in total. The van der Waals surface area contributed by atoms with Gasteiger partial charge in [0.25, 0.3) is 0 Å². The summed E-state index contributed by atoms with van der Waals surface area (Å²) in [5.74, 6) is -1.80. The number of amides is 2. The summed E-state index contributed by atoms with van der Waals surface area (Å²) in [5.41, 5.74) is 0.443. The number of benzene rings is 1. The van der Waals surface area contributed by atoms with E-state index in [1.807, 2.05) is 0 Å². The van der Waals surface area contributed by atoms with Crippen molar-refractivity contribution in [2.75, 3.05) is 25.0 Å². The number of hydrogen-bond acceptors (Lipinski definition) is 2. The molecule has 1 heterocycles. The van der Waals surface area contributed by atoms with Gasteiger partial charge in [0.1, 0.15) is 5.82 Å². The first-order valence-electron chi connectivity index (χ1n) is 5.50. The van der Waals surface area contributed by atoms with Crippen LogP contribution in [0.2, 0.25) is 0 Å². The van der Waals surface area contributed by atoms with Crippen molar-refractivity contribution in [3.63, 3.8) is 0 Å². The summed E-state index contributed by atoms with van der Waals surface area (Å²) in [6.07, 6.45) is 0. The van der Waals surface area contributed by atoms with Crippen molar-refractivity contribution in [2.45, 2.75) is 0 Å². The van der Waals surface area contributed by atoms with Gasteiger partial charge in [-0.05, 0) is 18.2 Å². The van der Waals surface area contributed by atoms with Crippen LogP contribution in [-0.4, -0.2) is 42.1 Å². The van der Waals surface area contributed by atoms with E-state index >= 15 is 0 Å². The maximum Gasteiger partial charge on any atom is 0.324 e. The van der Waals surface area contributed by atoms with Gasteiger partial charge < -0.3 is 10.0 Å². The van der Waals surface area contributed by atoms with Crippen LogP contribution in [0.5, 0.6) is 0 Å². The predicted octanol–water partition coefficient (Wildman–Crippen LogP) is 1.40. The molecule has 1 aromatic rings. The van der Waals surface area contributed by atoms with Gasteiger partial charge >= 0.3 is 12.0 Å². The van der Waals surface area contributed by atoms with E-state index in [-0.39, 0.29) is 19.1 Å². The Morgan fingerprint density at radius 3 is 2.67 bits per heavy atom. The number of halogens is 1. The van der Waals surface area contributed by atoms with Gasteiger partial charge in [-0.2, -0.15) is 0 Å². The minimum Gasteiger partial charge on any atom is -0.481 e. The summed E-state index contributed by atoms with van der Waals surface area (Å²) in [7, 11) is 1.53. The molecule has 0 unspecified atom stereocenters. The Morgan fingerprint density at radius 1 is 1.44 bits per heavy atom. The lowest BCUT2D eigenvalue weighted by molar-refractivity contribution is -0.145. The van der Waals surface area contributed by atoms with E-state index < -0.39 is 17.7 Å². The van der Waals surface area contributed by atoms with E-state index in [0.717, 1.165) is 0 Å². The van der Waals surface area contributed by atoms with Crippen LogP contribution in [0.25, 0.3) is 0 Å². The maximum absolute atomic E-state index is 13.0. The number of carbonyl (C=O) groups excluding carboxylic acids is 1. The number of hydrogen-bond donors (Lipinski definition) is 1. The van der Waals surface area contributed by atoms with E-state index in [4.69, 9.17) is 5.11 Å². The molecule has 1 fully saturated rings. The van der Waals surface area contributed by atoms with Crippen LogP contribution in [0.3, 0.4) is 0 Å². The monoisotopic (exact) mass is 252 g/mol. The number of urea groups is 1. The minimum atomic E-state index is -0.896. The molecule has 0 aromatic heterocycles. The number of carboxylic acids is 1. The Bertz CT molecular complexity index is 486. The minimum absolute atomic E-state index is 0.202. The van der Waals surface area contributed by atoms with Gasteiger partial charge in [-0.15, -0.1) is 0 Å². The third-order valence-electron chi connectivity index (χ3n) is 2.98. The summed E-state index contributed by atoms with van der Waals surface area (Å²) >= 11 is 0. The highest BCUT2D eigenvalue weighted by molar-refractivity contribution is 5.92. The average Bonchev–Trinajstić information content (AvgIpc) is 2.25. The Kier molecular flexibility index (Phi) is 3.18. The summed E-state index contributed by atoms with van der Waals surface area (Å²) < 4.78 is 13.0. The van der Waals surface area contributed by atoms with Crippen molar-refractivity contribution in [1.82, 2.24) is 4.90 Å². The Hall–Kier alpha value is -2.11. The molecule has 96 valence electrons. The van der Waals surface area contributed by atoms with Crippen LogP contribution in [-0.2, 0) is 4.79 Å². The second-order valence-corrected chi connectivity index (χ2v) is 4.26. The number of carbonyl (C=O) groups is 2. The number of anilines is 1. The first-order valence-corrected chi connectivity index (χ1v) is 5.50. The predicted molar refractivity (Wildman–Crippen MR) is 62.9 cm³/mol. The SMILES string of the molecule is CN(C(=O)N1CC(C(=O)O)C1)c1cccc(F)c1. The lowest BCUT2D eigenvalue weighted by Crippen LogP contribution is -2.56. The zero-order valence-corrected chi connectivity index (χ0v) is 9.84. The van der Waals surface area contributed by atoms with Gasteiger partial charge in [-0.3, -0.25) is 9.69 Å². The zero-order valence-electron chi connectivity index (χ0n) is 9.84. The van der Waals surface area contributed by atoms with Crippen LogP contribution in [0.1, 0.15) is 0 Å². The quantitative estimate of drug-likeness (QED) is 0.865. The Morgan fingerprint density at radius 2 is 2.11 bits per heavy atom. The topological polar surface area (TPSA) is 60.9 Å². The maximum atomic E-state index is 13.0. The molecule has 0 atom stereocenters. The van der Waals surface area contributed by atoms with E-state index in [1.165, 1.54) is 35.0 Å². The fourth-order valence-corrected chi connectivity index (χ4v) is 1.80. The molecule has 0 spiro atoms. The molecule has 1 aliphatic rings. The van der Waals surface area contributed by atoms with Gasteiger partial charge in [-0.25, -0.2) is 9.18 Å². The second kappa shape index (κ2) is 4.64. The number of aliphatic carboxylic acids is 1. The molecule has 0 saturated carbocycles. The van der Waals surface area contributed by atoms with Crippen LogP contribution in [0.4, 0.5) is 14.9 Å². The molecule has 0 radical (unpaired) electrons. The first kappa shape index (κ1) is 12.3. The largest absolute Gasteiger partial charge is 0.481 e. The molecule has 1 aromatic carbocycles. The molecular weight excluding hydrogens is 239 g/mol. The first-order chi connectivity index (χ1) is 8.49. The number of likely N-dealkylation sites (tertiary alicyclic amines) is 1. The summed E-state index contributed by atoms with van der Waals surface area (Å²) in [6.45, 7) is 0.404. The van der Waals surface area contributed by atoms with Crippen molar-refractivity contribution in [3.05, 3.63) is 30.1 Å². The fourth-order valence-electron chi connectivity index (χ4n) is 1.80. The highest BCUT2D eigenvalue weighted by atomic mass is 19.1. The molecule has 18 heavy (non-hydrogen) atoms. The Balaban J connectivity index is 2.00. The lowest BCUT2D eigenvalue weighted by atomic mass is 10.0. The highest BCUT2D eigenvalue weighted by Crippen LogP contribution is 2.21. The lowest BCUT2D eigenvalue weighted by Gasteiger charge is -2.38. The van der Waals surface area contributed by atoms with E-state index in [0.29, 0.717) is 5.69 Å². The molecular formula is C12H13FN2O3. The third kappa shape index (κ3) is 2.27. The molecule has 1 saturated heterocycles. The van der Waals surface area contributed by atoms with Crippen LogP contribution >= 0.6 is 0 Å². The van der Waals surface area contributed by atoms with Gasteiger partial charge in [0.05, 0.1) is 5.92 Å². The van der Waals surface area contributed by atoms with Gasteiger partial charge in [0, 0.05) is 25.8 Å². The summed E-state index contributed by atoms with van der Waals surface area (Å²) in [4.78, 5) is 25.3. The number of nitrogens with zero attached hydrogens (tertiary/aromatic N) is 2. The van der Waals surface area contributed by atoms with Crippen molar-refractivity contribution in [2.24, 2.45) is 5.92 Å². The number of rotatable bonds is 2. The third-order valence-corrected chi connectivity index (χ3v) is 2.98. The van der Waals surface area contributed by atoms with Gasteiger partial charge in [0.2, 0.25) is 0 Å². The molecule has 5 nitrogen and oxygen atoms in total. The second-order valence-electron chi connectivity index (χ2n) is 4.26. The molecule has 0 aliphatic carbocycles. The molecule has 2 rings (SSSR count). The highest BCUT2D eigenvalue weighted by Gasteiger charge is 2.37. The normalized spacial score (nSPS) is 15.1. The smallest absolute Gasteiger partial charge is 0.324 e. The zero-order chi connectivity index (χ0) is 13.3. The van der Waals surface area contributed by atoms with Crippen molar-refractivity contribution < 1.29 is 19.1 Å². The van der Waals surface area contributed by atoms with Crippen LogP contribution in [0, 0.1) is 11.7 Å². The van der Waals surface area contributed by atoms with Crippen molar-refractivity contribution in [3.8, 4) is 0 Å².